The number of rotatable bonds is 50. The van der Waals surface area contributed by atoms with Gasteiger partial charge in [-0.05, 0) is 70.6 Å². The van der Waals surface area contributed by atoms with Gasteiger partial charge in [0.15, 0.2) is 6.10 Å². The van der Waals surface area contributed by atoms with Crippen LogP contribution in [0.15, 0.2) is 36.5 Å². The molecule has 6 nitrogen and oxygen atoms in total. The fraction of sp³-hybridized carbons (Fsp3) is 0.842. The molecule has 0 heterocycles. The zero-order valence-corrected chi connectivity index (χ0v) is 42.1. The molecule has 0 saturated heterocycles. The molecular formula is C57H104O6. The third kappa shape index (κ3) is 50.5. The standard InChI is InChI=1S/C57H104O6/c1-4-7-10-13-16-19-21-23-25-27-29-31-33-35-38-41-44-47-50-56(59)62-53-54(52-61-55(58)49-46-43-40-37-18-15-12-9-6-3)63-57(60)51-48-45-42-39-36-34-32-30-28-26-24-22-20-17-14-11-8-5-2/h25,27,29-32,54H,4-24,26,28,33-53H2,1-3H3/b27-25-,31-29-,32-30-. The Kier molecular flexibility index (Phi) is 50.3. The number of carbonyl (C=O) groups excluding carboxylic acids is 3. The molecule has 0 bridgehead atoms. The summed E-state index contributed by atoms with van der Waals surface area (Å²) in [4.78, 5) is 38.0. The quantitative estimate of drug-likeness (QED) is 0.0199. The van der Waals surface area contributed by atoms with E-state index in [0.29, 0.717) is 19.3 Å². The van der Waals surface area contributed by atoms with Crippen LogP contribution in [0.4, 0.5) is 0 Å². The molecule has 1 atom stereocenters. The van der Waals surface area contributed by atoms with E-state index in [0.717, 1.165) is 83.5 Å². The molecule has 0 rings (SSSR count). The van der Waals surface area contributed by atoms with E-state index in [-0.39, 0.29) is 31.1 Å². The van der Waals surface area contributed by atoms with Gasteiger partial charge in [0.25, 0.3) is 0 Å². The van der Waals surface area contributed by atoms with Crippen LogP contribution in [0.2, 0.25) is 0 Å². The smallest absolute Gasteiger partial charge is 0.306 e. The number of esters is 3. The van der Waals surface area contributed by atoms with Gasteiger partial charge in [0.1, 0.15) is 13.2 Å². The third-order valence-electron chi connectivity index (χ3n) is 12.1. The largest absolute Gasteiger partial charge is 0.462 e. The van der Waals surface area contributed by atoms with E-state index in [2.05, 4.69) is 57.2 Å². The van der Waals surface area contributed by atoms with Crippen molar-refractivity contribution in [3.8, 4) is 0 Å². The minimum atomic E-state index is -0.779. The van der Waals surface area contributed by atoms with Crippen LogP contribution >= 0.6 is 0 Å². The summed E-state index contributed by atoms with van der Waals surface area (Å²) in [6, 6.07) is 0. The third-order valence-corrected chi connectivity index (χ3v) is 12.1. The van der Waals surface area contributed by atoms with Gasteiger partial charge in [-0.1, -0.05) is 237 Å². The van der Waals surface area contributed by atoms with Crippen LogP contribution in [0.3, 0.4) is 0 Å². The molecule has 0 spiro atoms. The first kappa shape index (κ1) is 60.6. The van der Waals surface area contributed by atoms with Crippen molar-refractivity contribution in [1.29, 1.82) is 0 Å². The van der Waals surface area contributed by atoms with Crippen LogP contribution in [0, 0.1) is 0 Å². The molecule has 0 aliphatic carbocycles. The van der Waals surface area contributed by atoms with Crippen LogP contribution in [0.5, 0.6) is 0 Å². The second-order valence-corrected chi connectivity index (χ2v) is 18.5. The molecule has 0 aromatic carbocycles. The first-order valence-corrected chi connectivity index (χ1v) is 27.5. The average molecular weight is 885 g/mol. The van der Waals surface area contributed by atoms with Crippen LogP contribution in [0.1, 0.15) is 290 Å². The predicted octanol–water partition coefficient (Wildman–Crippen LogP) is 18.1. The summed E-state index contributed by atoms with van der Waals surface area (Å²) in [5, 5.41) is 0. The maximum absolute atomic E-state index is 12.8. The minimum absolute atomic E-state index is 0.0780. The predicted molar refractivity (Wildman–Crippen MR) is 270 cm³/mol. The molecule has 6 heteroatoms. The van der Waals surface area contributed by atoms with Crippen molar-refractivity contribution in [2.75, 3.05) is 13.2 Å². The lowest BCUT2D eigenvalue weighted by Gasteiger charge is -2.18. The highest BCUT2D eigenvalue weighted by Gasteiger charge is 2.19. The highest BCUT2D eigenvalue weighted by Crippen LogP contribution is 2.15. The summed E-state index contributed by atoms with van der Waals surface area (Å²) in [7, 11) is 0. The first-order chi connectivity index (χ1) is 31.0. The van der Waals surface area contributed by atoms with Crippen LogP contribution in [-0.2, 0) is 28.6 Å². The normalized spacial score (nSPS) is 12.2. The number of ether oxygens (including phenoxy) is 3. The molecule has 0 radical (unpaired) electrons. The Morgan fingerprint density at radius 2 is 0.571 bits per heavy atom. The zero-order chi connectivity index (χ0) is 45.8. The van der Waals surface area contributed by atoms with Crippen molar-refractivity contribution >= 4 is 17.9 Å². The van der Waals surface area contributed by atoms with Gasteiger partial charge in [-0.3, -0.25) is 14.4 Å². The number of carbonyl (C=O) groups is 3. The van der Waals surface area contributed by atoms with Crippen LogP contribution < -0.4 is 0 Å². The van der Waals surface area contributed by atoms with Crippen molar-refractivity contribution in [2.45, 2.75) is 297 Å². The van der Waals surface area contributed by atoms with Gasteiger partial charge in [0.2, 0.25) is 0 Å². The fourth-order valence-electron chi connectivity index (χ4n) is 7.96. The minimum Gasteiger partial charge on any atom is -0.462 e. The molecule has 0 saturated carbocycles. The Hall–Kier alpha value is -2.37. The van der Waals surface area contributed by atoms with E-state index in [1.54, 1.807) is 0 Å². The van der Waals surface area contributed by atoms with E-state index in [4.69, 9.17) is 14.2 Å². The topological polar surface area (TPSA) is 78.9 Å². The molecule has 1 unspecified atom stereocenters. The van der Waals surface area contributed by atoms with E-state index in [1.165, 1.54) is 167 Å². The van der Waals surface area contributed by atoms with Crippen LogP contribution in [-0.4, -0.2) is 37.2 Å². The molecule has 368 valence electrons. The lowest BCUT2D eigenvalue weighted by Crippen LogP contribution is -2.30. The monoisotopic (exact) mass is 885 g/mol. The Balaban J connectivity index is 4.32. The summed E-state index contributed by atoms with van der Waals surface area (Å²) in [5.41, 5.74) is 0. The van der Waals surface area contributed by atoms with Crippen LogP contribution in [0.25, 0.3) is 0 Å². The number of unbranched alkanes of at least 4 members (excludes halogenated alkanes) is 34. The molecule has 63 heavy (non-hydrogen) atoms. The van der Waals surface area contributed by atoms with Crippen molar-refractivity contribution < 1.29 is 28.6 Å². The van der Waals surface area contributed by atoms with Gasteiger partial charge in [0.05, 0.1) is 0 Å². The lowest BCUT2D eigenvalue weighted by molar-refractivity contribution is -0.167. The Bertz CT molecular complexity index is 1060. The summed E-state index contributed by atoms with van der Waals surface area (Å²) in [6.07, 6.45) is 61.4. The highest BCUT2D eigenvalue weighted by atomic mass is 16.6. The van der Waals surface area contributed by atoms with Crippen molar-refractivity contribution in [2.24, 2.45) is 0 Å². The second kappa shape index (κ2) is 52.3. The zero-order valence-electron chi connectivity index (χ0n) is 42.1. The number of hydrogen-bond donors (Lipinski definition) is 0. The Labute approximate surface area is 391 Å². The Morgan fingerprint density at radius 1 is 0.317 bits per heavy atom. The maximum Gasteiger partial charge on any atom is 0.306 e. The second-order valence-electron chi connectivity index (χ2n) is 18.5. The molecule has 0 aliphatic heterocycles. The van der Waals surface area contributed by atoms with Gasteiger partial charge >= 0.3 is 17.9 Å². The molecule has 0 aromatic rings. The molecular weight excluding hydrogens is 781 g/mol. The summed E-state index contributed by atoms with van der Waals surface area (Å²) < 4.78 is 16.8. The average Bonchev–Trinajstić information content (AvgIpc) is 3.28. The van der Waals surface area contributed by atoms with Gasteiger partial charge in [-0.25, -0.2) is 0 Å². The van der Waals surface area contributed by atoms with E-state index in [1.807, 2.05) is 0 Å². The highest BCUT2D eigenvalue weighted by molar-refractivity contribution is 5.71. The van der Waals surface area contributed by atoms with E-state index >= 15 is 0 Å². The van der Waals surface area contributed by atoms with Gasteiger partial charge in [-0.2, -0.15) is 0 Å². The maximum atomic E-state index is 12.8. The molecule has 0 amide bonds. The van der Waals surface area contributed by atoms with E-state index in [9.17, 15) is 14.4 Å². The van der Waals surface area contributed by atoms with Gasteiger partial charge in [0, 0.05) is 19.3 Å². The molecule has 0 aromatic heterocycles. The van der Waals surface area contributed by atoms with Crippen molar-refractivity contribution in [3.05, 3.63) is 36.5 Å². The fourth-order valence-corrected chi connectivity index (χ4v) is 7.96. The van der Waals surface area contributed by atoms with Gasteiger partial charge < -0.3 is 14.2 Å². The summed E-state index contributed by atoms with van der Waals surface area (Å²) >= 11 is 0. The molecule has 0 fully saturated rings. The molecule has 0 aliphatic rings. The number of hydrogen-bond acceptors (Lipinski definition) is 6. The summed E-state index contributed by atoms with van der Waals surface area (Å²) in [6.45, 7) is 6.62. The number of allylic oxidation sites excluding steroid dienone is 6. The Morgan fingerprint density at radius 3 is 0.889 bits per heavy atom. The van der Waals surface area contributed by atoms with Crippen molar-refractivity contribution in [1.82, 2.24) is 0 Å². The van der Waals surface area contributed by atoms with Crippen molar-refractivity contribution in [3.63, 3.8) is 0 Å². The molecule has 0 N–H and O–H groups in total. The lowest BCUT2D eigenvalue weighted by atomic mass is 10.1. The first-order valence-electron chi connectivity index (χ1n) is 27.5. The summed E-state index contributed by atoms with van der Waals surface area (Å²) in [5.74, 6) is -0.893. The van der Waals surface area contributed by atoms with E-state index < -0.39 is 6.10 Å². The van der Waals surface area contributed by atoms with Gasteiger partial charge in [-0.15, -0.1) is 0 Å². The SMILES string of the molecule is CCCCCCCCC/C=C\C=C/CCCCCCCC(=O)OCC(COC(=O)CCCCCCCCCCC)OC(=O)CCCCCCC/C=C\CCCCCCCCCCC.